The molecule has 0 radical (unpaired) electrons. The van der Waals surface area contributed by atoms with E-state index in [2.05, 4.69) is 10.6 Å². The molecule has 0 bridgehead atoms. The van der Waals surface area contributed by atoms with Gasteiger partial charge in [0, 0.05) is 24.7 Å². The molecule has 1 aromatic rings. The predicted molar refractivity (Wildman–Crippen MR) is 56.8 cm³/mol. The molecule has 0 saturated heterocycles. The van der Waals surface area contributed by atoms with Crippen LogP contribution in [-0.4, -0.2) is 18.4 Å². The highest BCUT2D eigenvalue weighted by atomic mass is 16.2. The molecule has 0 fully saturated rings. The van der Waals surface area contributed by atoms with Crippen molar-refractivity contribution in [1.82, 2.24) is 5.32 Å². The Morgan fingerprint density at radius 1 is 1.47 bits per heavy atom. The third kappa shape index (κ3) is 1.98. The highest BCUT2D eigenvalue weighted by molar-refractivity contribution is 5.98. The van der Waals surface area contributed by atoms with Gasteiger partial charge in [0.1, 0.15) is 0 Å². The van der Waals surface area contributed by atoms with E-state index in [-0.39, 0.29) is 11.8 Å². The van der Waals surface area contributed by atoms with Gasteiger partial charge < -0.3 is 10.6 Å². The number of benzene rings is 1. The van der Waals surface area contributed by atoms with Crippen LogP contribution in [-0.2, 0) is 11.2 Å². The Labute approximate surface area is 87.7 Å². The van der Waals surface area contributed by atoms with Gasteiger partial charge in [0.2, 0.25) is 5.91 Å². The molecular formula is C11H12N2O2. The van der Waals surface area contributed by atoms with Crippen LogP contribution in [0.3, 0.4) is 0 Å². The second-order valence-electron chi connectivity index (χ2n) is 3.56. The average Bonchev–Trinajstić information content (AvgIpc) is 2.18. The van der Waals surface area contributed by atoms with Crippen LogP contribution >= 0.6 is 0 Å². The molecule has 0 unspecified atom stereocenters. The third-order valence-electron chi connectivity index (χ3n) is 2.35. The summed E-state index contributed by atoms with van der Waals surface area (Å²) < 4.78 is 0. The Kier molecular flexibility index (Phi) is 2.41. The summed E-state index contributed by atoms with van der Waals surface area (Å²) >= 11 is 0. The summed E-state index contributed by atoms with van der Waals surface area (Å²) in [5.74, 6) is -0.199. The van der Waals surface area contributed by atoms with Crippen LogP contribution < -0.4 is 10.6 Å². The Hall–Kier alpha value is -1.84. The molecule has 4 nitrogen and oxygen atoms in total. The topological polar surface area (TPSA) is 58.2 Å². The highest BCUT2D eigenvalue weighted by Crippen LogP contribution is 2.18. The van der Waals surface area contributed by atoms with Gasteiger partial charge in [-0.05, 0) is 24.1 Å². The van der Waals surface area contributed by atoms with E-state index in [4.69, 9.17) is 0 Å². The first-order valence-corrected chi connectivity index (χ1v) is 4.85. The lowest BCUT2D eigenvalue weighted by molar-refractivity contribution is -0.114. The smallest absolute Gasteiger partial charge is 0.251 e. The SMILES string of the molecule is CC(=O)Nc1ccc2c(c1)C(=O)NCC2. The van der Waals surface area contributed by atoms with Gasteiger partial charge in [-0.3, -0.25) is 9.59 Å². The van der Waals surface area contributed by atoms with E-state index >= 15 is 0 Å². The summed E-state index contributed by atoms with van der Waals surface area (Å²) in [4.78, 5) is 22.4. The number of fused-ring (bicyclic) bond motifs is 1. The molecule has 1 aliphatic heterocycles. The van der Waals surface area contributed by atoms with Crippen LogP contribution in [0, 0.1) is 0 Å². The lowest BCUT2D eigenvalue weighted by Crippen LogP contribution is -2.31. The zero-order valence-corrected chi connectivity index (χ0v) is 8.46. The minimum atomic E-state index is -0.133. The maximum Gasteiger partial charge on any atom is 0.251 e. The Morgan fingerprint density at radius 3 is 3.00 bits per heavy atom. The van der Waals surface area contributed by atoms with E-state index < -0.39 is 0 Å². The summed E-state index contributed by atoms with van der Waals surface area (Å²) in [5, 5.41) is 5.42. The van der Waals surface area contributed by atoms with Crippen LogP contribution in [0.2, 0.25) is 0 Å². The first-order chi connectivity index (χ1) is 7.16. The first kappa shape index (κ1) is 9.71. The van der Waals surface area contributed by atoms with Gasteiger partial charge in [-0.2, -0.15) is 0 Å². The fraction of sp³-hybridized carbons (Fsp3) is 0.273. The molecular weight excluding hydrogens is 192 g/mol. The number of carbonyl (C=O) groups excluding carboxylic acids is 2. The molecule has 1 aromatic carbocycles. The lowest BCUT2D eigenvalue weighted by atomic mass is 10.00. The Balaban J connectivity index is 2.35. The lowest BCUT2D eigenvalue weighted by Gasteiger charge is -2.17. The molecule has 78 valence electrons. The zero-order valence-electron chi connectivity index (χ0n) is 8.46. The summed E-state index contributed by atoms with van der Waals surface area (Å²) in [5.41, 5.74) is 2.36. The molecule has 0 aromatic heterocycles. The monoisotopic (exact) mass is 204 g/mol. The second-order valence-corrected chi connectivity index (χ2v) is 3.56. The predicted octanol–water partition coefficient (Wildman–Crippen LogP) is 0.931. The van der Waals surface area contributed by atoms with Crippen LogP contribution in [0.5, 0.6) is 0 Å². The van der Waals surface area contributed by atoms with Crippen LogP contribution in [0.15, 0.2) is 18.2 Å². The van der Waals surface area contributed by atoms with Crippen LogP contribution in [0.25, 0.3) is 0 Å². The number of anilines is 1. The van der Waals surface area contributed by atoms with E-state index in [0.29, 0.717) is 17.8 Å². The fourth-order valence-corrected chi connectivity index (χ4v) is 1.69. The molecule has 2 amide bonds. The highest BCUT2D eigenvalue weighted by Gasteiger charge is 2.16. The van der Waals surface area contributed by atoms with E-state index in [1.54, 1.807) is 6.07 Å². The zero-order chi connectivity index (χ0) is 10.8. The van der Waals surface area contributed by atoms with Crippen molar-refractivity contribution in [2.75, 3.05) is 11.9 Å². The van der Waals surface area contributed by atoms with Crippen LogP contribution in [0.1, 0.15) is 22.8 Å². The molecule has 4 heteroatoms. The van der Waals surface area contributed by atoms with Crippen molar-refractivity contribution in [2.24, 2.45) is 0 Å². The molecule has 1 aliphatic rings. The molecule has 0 atom stereocenters. The number of hydrogen-bond acceptors (Lipinski definition) is 2. The molecule has 1 heterocycles. The first-order valence-electron chi connectivity index (χ1n) is 4.85. The van der Waals surface area contributed by atoms with Gasteiger partial charge in [-0.1, -0.05) is 6.07 Å². The van der Waals surface area contributed by atoms with Crippen molar-refractivity contribution >= 4 is 17.5 Å². The number of hydrogen-bond donors (Lipinski definition) is 2. The largest absolute Gasteiger partial charge is 0.352 e. The van der Waals surface area contributed by atoms with E-state index in [1.807, 2.05) is 12.1 Å². The Bertz CT molecular complexity index is 427. The van der Waals surface area contributed by atoms with Gasteiger partial charge >= 0.3 is 0 Å². The Morgan fingerprint density at radius 2 is 2.27 bits per heavy atom. The maximum atomic E-state index is 11.5. The number of carbonyl (C=O) groups is 2. The average molecular weight is 204 g/mol. The van der Waals surface area contributed by atoms with Gasteiger partial charge in [0.05, 0.1) is 0 Å². The third-order valence-corrected chi connectivity index (χ3v) is 2.35. The van der Waals surface area contributed by atoms with Crippen molar-refractivity contribution in [1.29, 1.82) is 0 Å². The summed E-state index contributed by atoms with van der Waals surface area (Å²) in [7, 11) is 0. The summed E-state index contributed by atoms with van der Waals surface area (Å²) in [6.45, 7) is 2.13. The quantitative estimate of drug-likeness (QED) is 0.715. The minimum Gasteiger partial charge on any atom is -0.352 e. The normalized spacial score (nSPS) is 14.1. The van der Waals surface area contributed by atoms with Crippen molar-refractivity contribution in [3.8, 4) is 0 Å². The molecule has 0 spiro atoms. The van der Waals surface area contributed by atoms with Gasteiger partial charge in [0.25, 0.3) is 5.91 Å². The molecule has 0 aliphatic carbocycles. The molecule has 2 N–H and O–H groups in total. The maximum absolute atomic E-state index is 11.5. The summed E-state index contributed by atoms with van der Waals surface area (Å²) in [6.07, 6.45) is 0.849. The summed E-state index contributed by atoms with van der Waals surface area (Å²) in [6, 6.07) is 5.42. The van der Waals surface area contributed by atoms with Gasteiger partial charge in [-0.15, -0.1) is 0 Å². The van der Waals surface area contributed by atoms with E-state index in [9.17, 15) is 9.59 Å². The van der Waals surface area contributed by atoms with Gasteiger partial charge in [0.15, 0.2) is 0 Å². The molecule has 15 heavy (non-hydrogen) atoms. The number of amides is 2. The van der Waals surface area contributed by atoms with Crippen molar-refractivity contribution in [3.63, 3.8) is 0 Å². The number of rotatable bonds is 1. The van der Waals surface area contributed by atoms with Crippen molar-refractivity contribution in [2.45, 2.75) is 13.3 Å². The van der Waals surface area contributed by atoms with Crippen molar-refractivity contribution in [3.05, 3.63) is 29.3 Å². The van der Waals surface area contributed by atoms with E-state index in [0.717, 1.165) is 12.0 Å². The second kappa shape index (κ2) is 3.73. The number of nitrogens with one attached hydrogen (secondary N) is 2. The fourth-order valence-electron chi connectivity index (χ4n) is 1.69. The van der Waals surface area contributed by atoms with E-state index in [1.165, 1.54) is 6.92 Å². The van der Waals surface area contributed by atoms with Crippen LogP contribution in [0.4, 0.5) is 5.69 Å². The molecule has 0 saturated carbocycles. The van der Waals surface area contributed by atoms with Crippen molar-refractivity contribution < 1.29 is 9.59 Å². The van der Waals surface area contributed by atoms with Gasteiger partial charge in [-0.25, -0.2) is 0 Å². The minimum absolute atomic E-state index is 0.0662. The standard InChI is InChI=1S/C11H12N2O2/c1-7(14)13-9-3-2-8-4-5-12-11(15)10(8)6-9/h2-3,6H,4-5H2,1H3,(H,12,15)(H,13,14). The molecule has 2 rings (SSSR count).